The van der Waals surface area contributed by atoms with Gasteiger partial charge in [0.05, 0.1) is 0 Å². The molecule has 0 amide bonds. The van der Waals surface area contributed by atoms with Crippen LogP contribution in [0.5, 0.6) is 0 Å². The van der Waals surface area contributed by atoms with E-state index in [2.05, 4.69) is 39.3 Å². The molecule has 10 heavy (non-hydrogen) atoms. The molecule has 1 N–H and O–H groups in total. The number of rotatable bonds is 1. The largest absolute Gasteiger partial charge is 0.386 e. The van der Waals surface area contributed by atoms with Crippen molar-refractivity contribution in [2.45, 2.75) is 39.0 Å². The molecule has 0 saturated heterocycles. The van der Waals surface area contributed by atoms with Crippen LogP contribution in [0.15, 0.2) is 11.8 Å². The van der Waals surface area contributed by atoms with E-state index in [1.165, 1.54) is 12.1 Å². The average molecular weight is 136 g/mol. The predicted octanol–water partition coefficient (Wildman–Crippen LogP) is 1.81. The minimum absolute atomic E-state index is 0.645. The van der Waals surface area contributed by atoms with Crippen molar-refractivity contribution in [2.75, 3.05) is 0 Å². The maximum atomic E-state index is 3.38. The number of allylic oxidation sites excluding steroid dienone is 2. The summed E-state index contributed by atoms with van der Waals surface area (Å²) in [5.41, 5.74) is 1.32. The summed E-state index contributed by atoms with van der Waals surface area (Å²) < 4.78 is 0. The molecule has 1 heterocycles. The van der Waals surface area contributed by atoms with E-state index in [4.69, 9.17) is 0 Å². The third-order valence-electron chi connectivity index (χ3n) is 1.99. The van der Waals surface area contributed by atoms with Gasteiger partial charge < -0.3 is 5.32 Å². The molecule has 1 nitrogen and oxygen atoms in total. The molecule has 0 aromatic heterocycles. The number of nitrogens with one attached hydrogen (secondary N) is 1. The summed E-state index contributed by atoms with van der Waals surface area (Å²) in [6.45, 7) is 6.49. The SMILES string of the molecule is C[B][C@H]1C=C(C)N[C@@H](C)C1. The Kier molecular flexibility index (Phi) is 2.41. The van der Waals surface area contributed by atoms with Crippen LogP contribution in [-0.4, -0.2) is 13.3 Å². The van der Waals surface area contributed by atoms with Gasteiger partial charge in [-0.15, -0.1) is 0 Å². The van der Waals surface area contributed by atoms with E-state index in [1.54, 1.807) is 0 Å². The van der Waals surface area contributed by atoms with Crippen LogP contribution in [0.3, 0.4) is 0 Å². The fourth-order valence-electron chi connectivity index (χ4n) is 1.53. The Bertz CT molecular complexity index is 142. The van der Waals surface area contributed by atoms with Crippen LogP contribution in [0.4, 0.5) is 0 Å². The van der Waals surface area contributed by atoms with Crippen molar-refractivity contribution in [3.63, 3.8) is 0 Å². The summed E-state index contributed by atoms with van der Waals surface area (Å²) in [7, 11) is 2.26. The molecule has 0 spiro atoms. The van der Waals surface area contributed by atoms with Gasteiger partial charge in [-0.3, -0.25) is 0 Å². The molecule has 0 aliphatic carbocycles. The zero-order valence-corrected chi connectivity index (χ0v) is 7.02. The van der Waals surface area contributed by atoms with E-state index in [9.17, 15) is 0 Å². The van der Waals surface area contributed by atoms with Gasteiger partial charge in [-0.1, -0.05) is 12.9 Å². The Balaban J connectivity index is 2.55. The molecule has 1 radical (unpaired) electrons. The van der Waals surface area contributed by atoms with Crippen LogP contribution >= 0.6 is 0 Å². The first-order valence-electron chi connectivity index (χ1n) is 3.97. The first-order chi connectivity index (χ1) is 4.72. The first-order valence-corrected chi connectivity index (χ1v) is 3.97. The summed E-state index contributed by atoms with van der Waals surface area (Å²) in [6.07, 6.45) is 3.54. The predicted molar refractivity (Wildman–Crippen MR) is 46.3 cm³/mol. The highest BCUT2D eigenvalue weighted by atomic mass is 14.9. The number of hydrogen-bond donors (Lipinski definition) is 1. The van der Waals surface area contributed by atoms with E-state index in [-0.39, 0.29) is 0 Å². The highest BCUT2D eigenvalue weighted by molar-refractivity contribution is 6.36. The van der Waals surface area contributed by atoms with Gasteiger partial charge in [0.15, 0.2) is 0 Å². The first kappa shape index (κ1) is 7.71. The van der Waals surface area contributed by atoms with Crippen LogP contribution in [0.2, 0.25) is 12.6 Å². The van der Waals surface area contributed by atoms with Gasteiger partial charge in [0.2, 0.25) is 0 Å². The summed E-state index contributed by atoms with van der Waals surface area (Å²) in [6, 6.07) is 0.645. The minimum atomic E-state index is 0.645. The van der Waals surface area contributed by atoms with E-state index in [0.717, 1.165) is 0 Å². The van der Waals surface area contributed by atoms with Gasteiger partial charge in [-0.25, -0.2) is 0 Å². The normalized spacial score (nSPS) is 32.5. The van der Waals surface area contributed by atoms with E-state index in [1.807, 2.05) is 0 Å². The molecule has 2 atom stereocenters. The lowest BCUT2D eigenvalue weighted by atomic mass is 9.63. The van der Waals surface area contributed by atoms with Gasteiger partial charge in [-0.2, -0.15) is 0 Å². The standard InChI is InChI=1S/C8H15BN/c1-6-4-8(9-3)5-7(2)10-6/h4,7-8,10H,5H2,1-3H3/t7-,8-/m0/s1. The van der Waals surface area contributed by atoms with Crippen LogP contribution in [-0.2, 0) is 0 Å². The Hall–Kier alpha value is -0.395. The molecule has 1 rings (SSSR count). The Morgan fingerprint density at radius 2 is 2.40 bits per heavy atom. The third kappa shape index (κ3) is 1.79. The summed E-state index contributed by atoms with van der Waals surface area (Å²) in [4.78, 5) is 0. The average Bonchev–Trinajstić information content (AvgIpc) is 1.85. The zero-order chi connectivity index (χ0) is 7.56. The van der Waals surface area contributed by atoms with Crippen molar-refractivity contribution < 1.29 is 0 Å². The van der Waals surface area contributed by atoms with Crippen molar-refractivity contribution in [1.82, 2.24) is 5.32 Å². The van der Waals surface area contributed by atoms with Crippen molar-refractivity contribution in [1.29, 1.82) is 0 Å². The van der Waals surface area contributed by atoms with E-state index >= 15 is 0 Å². The molecular weight excluding hydrogens is 121 g/mol. The fraction of sp³-hybridized carbons (Fsp3) is 0.750. The van der Waals surface area contributed by atoms with Gasteiger partial charge in [0.25, 0.3) is 0 Å². The van der Waals surface area contributed by atoms with Gasteiger partial charge in [-0.05, 0) is 26.1 Å². The lowest BCUT2D eigenvalue weighted by Gasteiger charge is -2.25. The molecule has 0 unspecified atom stereocenters. The van der Waals surface area contributed by atoms with Crippen molar-refractivity contribution in [2.24, 2.45) is 0 Å². The Morgan fingerprint density at radius 1 is 1.70 bits per heavy atom. The lowest BCUT2D eigenvalue weighted by Crippen LogP contribution is -2.30. The highest BCUT2D eigenvalue weighted by Gasteiger charge is 2.14. The molecule has 0 saturated carbocycles. The van der Waals surface area contributed by atoms with E-state index < -0.39 is 0 Å². The highest BCUT2D eigenvalue weighted by Crippen LogP contribution is 2.20. The lowest BCUT2D eigenvalue weighted by molar-refractivity contribution is 0.542. The summed E-state index contributed by atoms with van der Waals surface area (Å²) in [5, 5.41) is 3.38. The second-order valence-corrected chi connectivity index (χ2v) is 3.13. The second-order valence-electron chi connectivity index (χ2n) is 3.13. The molecule has 0 aromatic carbocycles. The summed E-state index contributed by atoms with van der Waals surface area (Å²) >= 11 is 0. The topological polar surface area (TPSA) is 12.0 Å². The molecule has 1 aliphatic rings. The molecule has 55 valence electrons. The fourth-order valence-corrected chi connectivity index (χ4v) is 1.53. The van der Waals surface area contributed by atoms with Crippen LogP contribution < -0.4 is 5.32 Å². The molecule has 0 aromatic rings. The van der Waals surface area contributed by atoms with Crippen LogP contribution in [0.25, 0.3) is 0 Å². The summed E-state index contributed by atoms with van der Waals surface area (Å²) in [5.74, 6) is 0.691. The maximum absolute atomic E-state index is 3.38. The molecule has 0 bridgehead atoms. The van der Waals surface area contributed by atoms with Crippen LogP contribution in [0, 0.1) is 0 Å². The van der Waals surface area contributed by atoms with Gasteiger partial charge >= 0.3 is 0 Å². The third-order valence-corrected chi connectivity index (χ3v) is 1.99. The van der Waals surface area contributed by atoms with E-state index in [0.29, 0.717) is 11.9 Å². The molecule has 0 fully saturated rings. The zero-order valence-electron chi connectivity index (χ0n) is 7.02. The Morgan fingerprint density at radius 3 is 2.90 bits per heavy atom. The maximum Gasteiger partial charge on any atom is 0.115 e. The van der Waals surface area contributed by atoms with Crippen molar-refractivity contribution in [3.8, 4) is 0 Å². The van der Waals surface area contributed by atoms with Gasteiger partial charge in [0, 0.05) is 11.7 Å². The Labute approximate surface area is 64.1 Å². The molecule has 1 aliphatic heterocycles. The van der Waals surface area contributed by atoms with Gasteiger partial charge in [0.1, 0.15) is 7.28 Å². The molecule has 2 heteroatoms. The van der Waals surface area contributed by atoms with Crippen molar-refractivity contribution >= 4 is 7.28 Å². The quantitative estimate of drug-likeness (QED) is 0.542. The number of hydrogen-bond acceptors (Lipinski definition) is 1. The van der Waals surface area contributed by atoms with Crippen LogP contribution in [0.1, 0.15) is 20.3 Å². The molecular formula is C8H15BN. The van der Waals surface area contributed by atoms with Crippen molar-refractivity contribution in [3.05, 3.63) is 11.8 Å². The smallest absolute Gasteiger partial charge is 0.115 e. The monoisotopic (exact) mass is 136 g/mol. The second kappa shape index (κ2) is 3.13. The minimum Gasteiger partial charge on any atom is -0.386 e.